The molecule has 0 aliphatic carbocycles. The number of anilines is 1. The molecule has 0 aromatic heterocycles. The van der Waals surface area contributed by atoms with Gasteiger partial charge in [0, 0.05) is 18.2 Å². The topological polar surface area (TPSA) is 47.6 Å². The minimum Gasteiger partial charge on any atom is -0.497 e. The van der Waals surface area contributed by atoms with Crippen molar-refractivity contribution in [1.29, 1.82) is 0 Å². The second-order valence-corrected chi connectivity index (χ2v) is 5.84. The first-order valence-corrected chi connectivity index (χ1v) is 7.93. The number of carbonyl (C=O) groups is 1. The summed E-state index contributed by atoms with van der Waals surface area (Å²) in [5.41, 5.74) is 0.117. The number of nitrogens with one attached hydrogen (secondary N) is 1. The van der Waals surface area contributed by atoms with Gasteiger partial charge < -0.3 is 14.8 Å². The highest BCUT2D eigenvalue weighted by atomic mass is 19.4. The number of methoxy groups -OCH3 is 2. The number of halogens is 3. The lowest BCUT2D eigenvalue weighted by Crippen LogP contribution is -2.15. The van der Waals surface area contributed by atoms with Gasteiger partial charge in [-0.15, -0.1) is 0 Å². The van der Waals surface area contributed by atoms with E-state index in [-0.39, 0.29) is 23.9 Å². The van der Waals surface area contributed by atoms with Crippen LogP contribution >= 0.6 is 0 Å². The molecular weight excluding hydrogens is 347 g/mol. The van der Waals surface area contributed by atoms with Crippen molar-refractivity contribution in [3.8, 4) is 11.5 Å². The van der Waals surface area contributed by atoms with Crippen molar-refractivity contribution in [2.24, 2.45) is 0 Å². The average Bonchev–Trinajstić information content (AvgIpc) is 2.60. The first-order chi connectivity index (χ1) is 12.2. The van der Waals surface area contributed by atoms with Crippen LogP contribution in [0.5, 0.6) is 11.5 Å². The molecule has 0 aliphatic rings. The summed E-state index contributed by atoms with van der Waals surface area (Å²) in [4.78, 5) is 12.2. The molecule has 0 heterocycles. The van der Waals surface area contributed by atoms with Gasteiger partial charge in [0.1, 0.15) is 11.5 Å². The van der Waals surface area contributed by atoms with Gasteiger partial charge in [0.25, 0.3) is 0 Å². The molecule has 1 amide bonds. The van der Waals surface area contributed by atoms with Crippen molar-refractivity contribution >= 4 is 11.6 Å². The van der Waals surface area contributed by atoms with Gasteiger partial charge in [-0.25, -0.2) is 0 Å². The number of carbonyl (C=O) groups excluding carboxylic acids is 1. The monoisotopic (exact) mass is 367 g/mol. The third-order valence-electron chi connectivity index (χ3n) is 3.94. The van der Waals surface area contributed by atoms with Crippen LogP contribution in [0.3, 0.4) is 0 Å². The predicted molar refractivity (Wildman–Crippen MR) is 92.7 cm³/mol. The maximum atomic E-state index is 12.7. The van der Waals surface area contributed by atoms with Crippen molar-refractivity contribution in [2.75, 3.05) is 19.5 Å². The van der Waals surface area contributed by atoms with Crippen LogP contribution in [-0.4, -0.2) is 20.1 Å². The lowest BCUT2D eigenvalue weighted by molar-refractivity contribution is -0.137. The molecule has 7 heteroatoms. The first kappa shape index (κ1) is 19.6. The summed E-state index contributed by atoms with van der Waals surface area (Å²) in [6.45, 7) is 1.84. The van der Waals surface area contributed by atoms with Crippen LogP contribution < -0.4 is 14.8 Å². The fourth-order valence-electron chi connectivity index (χ4n) is 2.60. The third-order valence-corrected chi connectivity index (χ3v) is 3.94. The molecular formula is C19H20F3NO3. The van der Waals surface area contributed by atoms with Crippen molar-refractivity contribution in [1.82, 2.24) is 0 Å². The molecule has 2 aromatic rings. The summed E-state index contributed by atoms with van der Waals surface area (Å²) in [6, 6.07) is 9.84. The number of amides is 1. The molecule has 26 heavy (non-hydrogen) atoms. The smallest absolute Gasteiger partial charge is 0.416 e. The molecule has 4 nitrogen and oxygen atoms in total. The number of rotatable bonds is 6. The zero-order valence-corrected chi connectivity index (χ0v) is 14.7. The van der Waals surface area contributed by atoms with Crippen molar-refractivity contribution in [2.45, 2.75) is 25.4 Å². The molecule has 2 aromatic carbocycles. The van der Waals surface area contributed by atoms with Crippen LogP contribution in [0.15, 0.2) is 42.5 Å². The van der Waals surface area contributed by atoms with E-state index in [0.717, 1.165) is 17.7 Å². The highest BCUT2D eigenvalue weighted by Crippen LogP contribution is 2.33. The van der Waals surface area contributed by atoms with Crippen molar-refractivity contribution in [3.63, 3.8) is 0 Å². The largest absolute Gasteiger partial charge is 0.497 e. The Morgan fingerprint density at radius 2 is 1.85 bits per heavy atom. The Morgan fingerprint density at radius 3 is 2.46 bits per heavy atom. The van der Waals surface area contributed by atoms with Crippen LogP contribution in [0.1, 0.15) is 30.4 Å². The van der Waals surface area contributed by atoms with Crippen LogP contribution in [0, 0.1) is 0 Å². The molecule has 1 atom stereocenters. The molecule has 140 valence electrons. The molecule has 0 spiro atoms. The molecule has 0 aliphatic heterocycles. The Kier molecular flexibility index (Phi) is 6.13. The van der Waals surface area contributed by atoms with Gasteiger partial charge >= 0.3 is 6.18 Å². The zero-order chi connectivity index (χ0) is 19.3. The molecule has 0 fully saturated rings. The van der Waals surface area contributed by atoms with Crippen LogP contribution in [0.25, 0.3) is 0 Å². The van der Waals surface area contributed by atoms with Crippen molar-refractivity contribution < 1.29 is 27.4 Å². The van der Waals surface area contributed by atoms with Crippen LogP contribution in [0.2, 0.25) is 0 Å². The van der Waals surface area contributed by atoms with Gasteiger partial charge in [0.05, 0.1) is 19.8 Å². The number of hydrogen-bond acceptors (Lipinski definition) is 3. The quantitative estimate of drug-likeness (QED) is 0.794. The van der Waals surface area contributed by atoms with Crippen LogP contribution in [-0.2, 0) is 11.0 Å². The SMILES string of the molecule is COc1ccc(C(C)CC(=O)Nc2cccc(C(F)(F)F)c2)c(OC)c1. The fraction of sp³-hybridized carbons (Fsp3) is 0.316. The Hall–Kier alpha value is -2.70. The molecule has 2 rings (SSSR count). The van der Waals surface area contributed by atoms with E-state index in [1.807, 2.05) is 6.92 Å². The summed E-state index contributed by atoms with van der Waals surface area (Å²) in [6.07, 6.45) is -4.36. The Bertz CT molecular complexity index is 775. The van der Waals surface area contributed by atoms with E-state index >= 15 is 0 Å². The normalized spacial score (nSPS) is 12.4. The summed E-state index contributed by atoms with van der Waals surface area (Å²) < 4.78 is 48.7. The van der Waals surface area contributed by atoms with E-state index in [0.29, 0.717) is 11.5 Å². The van der Waals surface area contributed by atoms with E-state index in [2.05, 4.69) is 5.32 Å². The standard InChI is InChI=1S/C19H20F3NO3/c1-12(16-8-7-15(25-2)11-17(16)26-3)9-18(24)23-14-6-4-5-13(10-14)19(20,21)22/h4-8,10-12H,9H2,1-3H3,(H,23,24). The van der Waals surface area contributed by atoms with E-state index in [9.17, 15) is 18.0 Å². The van der Waals surface area contributed by atoms with E-state index < -0.39 is 11.7 Å². The van der Waals surface area contributed by atoms with Gasteiger partial charge in [0.15, 0.2) is 0 Å². The number of alkyl halides is 3. The average molecular weight is 367 g/mol. The van der Waals surface area contributed by atoms with E-state index in [4.69, 9.17) is 9.47 Å². The van der Waals surface area contributed by atoms with E-state index in [1.165, 1.54) is 19.2 Å². The predicted octanol–water partition coefficient (Wildman–Crippen LogP) is 4.85. The maximum absolute atomic E-state index is 12.7. The highest BCUT2D eigenvalue weighted by molar-refractivity contribution is 5.91. The van der Waals surface area contributed by atoms with Gasteiger partial charge in [0.2, 0.25) is 5.91 Å². The van der Waals surface area contributed by atoms with Crippen LogP contribution in [0.4, 0.5) is 18.9 Å². The third kappa shape index (κ3) is 4.91. The molecule has 1 unspecified atom stereocenters. The first-order valence-electron chi connectivity index (χ1n) is 7.93. The van der Waals surface area contributed by atoms with E-state index in [1.54, 1.807) is 25.3 Å². The Balaban J connectivity index is 2.08. The van der Waals surface area contributed by atoms with Crippen molar-refractivity contribution in [3.05, 3.63) is 53.6 Å². The number of benzene rings is 2. The lowest BCUT2D eigenvalue weighted by atomic mass is 9.96. The minimum absolute atomic E-state index is 0.0962. The molecule has 0 saturated carbocycles. The Labute approximate surface area is 149 Å². The molecule has 0 saturated heterocycles. The van der Waals surface area contributed by atoms with Gasteiger partial charge in [-0.05, 0) is 35.7 Å². The number of ether oxygens (including phenoxy) is 2. The molecule has 1 N–H and O–H groups in total. The second kappa shape index (κ2) is 8.12. The summed E-state index contributed by atoms with van der Waals surface area (Å²) in [5.74, 6) is 0.645. The Morgan fingerprint density at radius 1 is 1.12 bits per heavy atom. The summed E-state index contributed by atoms with van der Waals surface area (Å²) in [7, 11) is 3.06. The maximum Gasteiger partial charge on any atom is 0.416 e. The lowest BCUT2D eigenvalue weighted by Gasteiger charge is -2.17. The number of hydrogen-bond donors (Lipinski definition) is 1. The van der Waals surface area contributed by atoms with Gasteiger partial charge in [-0.2, -0.15) is 13.2 Å². The zero-order valence-electron chi connectivity index (χ0n) is 14.7. The van der Waals surface area contributed by atoms with Gasteiger partial charge in [-0.1, -0.05) is 19.1 Å². The minimum atomic E-state index is -4.45. The molecule has 0 radical (unpaired) electrons. The second-order valence-electron chi connectivity index (χ2n) is 5.84. The van der Waals surface area contributed by atoms with Gasteiger partial charge in [-0.3, -0.25) is 4.79 Å². The molecule has 0 bridgehead atoms. The summed E-state index contributed by atoms with van der Waals surface area (Å²) in [5, 5.41) is 2.51. The summed E-state index contributed by atoms with van der Waals surface area (Å²) >= 11 is 0. The fourth-order valence-corrected chi connectivity index (χ4v) is 2.60. The highest BCUT2D eigenvalue weighted by Gasteiger charge is 2.30.